The van der Waals surface area contributed by atoms with Gasteiger partial charge in [-0.15, -0.1) is 0 Å². The van der Waals surface area contributed by atoms with Crippen molar-refractivity contribution in [2.75, 3.05) is 13.2 Å². The molecule has 1 aromatic rings. The van der Waals surface area contributed by atoms with Crippen molar-refractivity contribution >= 4 is 11.9 Å². The molecule has 0 aromatic heterocycles. The number of hydrogen-bond acceptors (Lipinski definition) is 4. The van der Waals surface area contributed by atoms with Crippen LogP contribution in [0.15, 0.2) is 24.3 Å². The number of rotatable bonds is 15. The summed E-state index contributed by atoms with van der Waals surface area (Å²) in [6, 6.07) is 6.63. The first-order valence-electron chi connectivity index (χ1n) is 11.4. The van der Waals surface area contributed by atoms with Gasteiger partial charge < -0.3 is 9.47 Å². The lowest BCUT2D eigenvalue weighted by Crippen LogP contribution is -2.15. The van der Waals surface area contributed by atoms with Gasteiger partial charge in [0.15, 0.2) is 0 Å². The highest BCUT2D eigenvalue weighted by atomic mass is 16.5. The van der Waals surface area contributed by atoms with Gasteiger partial charge in [0.05, 0.1) is 24.3 Å². The minimum Gasteiger partial charge on any atom is -0.462 e. The molecule has 1 atom stereocenters. The lowest BCUT2D eigenvalue weighted by molar-refractivity contribution is 0.0428. The molecular formula is C25H40O4. The van der Waals surface area contributed by atoms with Crippen molar-refractivity contribution in [2.24, 2.45) is 11.8 Å². The molecule has 4 heteroatoms. The summed E-state index contributed by atoms with van der Waals surface area (Å²) in [6.45, 7) is 9.61. The molecule has 4 nitrogen and oxygen atoms in total. The second-order valence-corrected chi connectivity index (χ2v) is 8.33. The number of unbranched alkanes of at least 4 members (excludes halogenated alkanes) is 4. The quantitative estimate of drug-likeness (QED) is 0.238. The summed E-state index contributed by atoms with van der Waals surface area (Å²) in [7, 11) is 0. The van der Waals surface area contributed by atoms with E-state index in [0.29, 0.717) is 30.3 Å². The summed E-state index contributed by atoms with van der Waals surface area (Å²) in [5, 5.41) is 0. The van der Waals surface area contributed by atoms with Crippen LogP contribution in [-0.2, 0) is 9.47 Å². The number of carbonyl (C=O) groups is 2. The number of benzene rings is 1. The Labute approximate surface area is 177 Å². The molecule has 0 bridgehead atoms. The summed E-state index contributed by atoms with van der Waals surface area (Å²) < 4.78 is 10.8. The molecule has 0 saturated carbocycles. The van der Waals surface area contributed by atoms with E-state index in [1.54, 1.807) is 24.3 Å². The van der Waals surface area contributed by atoms with E-state index in [1.165, 1.54) is 19.3 Å². The SMILES string of the molecule is CCCCC(CC)COC(=O)c1cccc(C(=O)OCCCCCCC(C)C)c1. The van der Waals surface area contributed by atoms with Crippen molar-refractivity contribution < 1.29 is 19.1 Å². The van der Waals surface area contributed by atoms with Crippen LogP contribution in [0.2, 0.25) is 0 Å². The van der Waals surface area contributed by atoms with Gasteiger partial charge in [0.1, 0.15) is 0 Å². The molecule has 0 aliphatic carbocycles. The van der Waals surface area contributed by atoms with Crippen LogP contribution in [0.4, 0.5) is 0 Å². The van der Waals surface area contributed by atoms with Crippen LogP contribution in [-0.4, -0.2) is 25.2 Å². The predicted molar refractivity (Wildman–Crippen MR) is 118 cm³/mol. The first kappa shape index (κ1) is 25.2. The minimum absolute atomic E-state index is 0.375. The van der Waals surface area contributed by atoms with Gasteiger partial charge in [-0.1, -0.05) is 78.7 Å². The van der Waals surface area contributed by atoms with Crippen molar-refractivity contribution in [2.45, 2.75) is 85.5 Å². The third kappa shape index (κ3) is 11.1. The van der Waals surface area contributed by atoms with Crippen molar-refractivity contribution in [1.82, 2.24) is 0 Å². The number of esters is 2. The highest BCUT2D eigenvalue weighted by Gasteiger charge is 2.14. The van der Waals surface area contributed by atoms with Crippen LogP contribution in [0.25, 0.3) is 0 Å². The third-order valence-corrected chi connectivity index (χ3v) is 5.24. The van der Waals surface area contributed by atoms with E-state index < -0.39 is 0 Å². The van der Waals surface area contributed by atoms with E-state index in [4.69, 9.17) is 9.47 Å². The Bertz CT molecular complexity index is 594. The van der Waals surface area contributed by atoms with Crippen molar-refractivity contribution in [3.8, 4) is 0 Å². The molecular weight excluding hydrogens is 364 g/mol. The first-order valence-corrected chi connectivity index (χ1v) is 11.4. The average molecular weight is 405 g/mol. The summed E-state index contributed by atoms with van der Waals surface area (Å²) in [5.41, 5.74) is 0.802. The van der Waals surface area contributed by atoms with Gasteiger partial charge in [0, 0.05) is 0 Å². The van der Waals surface area contributed by atoms with Crippen LogP contribution >= 0.6 is 0 Å². The summed E-state index contributed by atoms with van der Waals surface area (Å²) in [4.78, 5) is 24.6. The van der Waals surface area contributed by atoms with Gasteiger partial charge in [-0.3, -0.25) is 0 Å². The molecule has 0 radical (unpaired) electrons. The van der Waals surface area contributed by atoms with E-state index in [0.717, 1.165) is 44.4 Å². The summed E-state index contributed by atoms with van der Waals surface area (Å²) in [5.74, 6) is 0.388. The Hall–Kier alpha value is -1.84. The molecule has 0 saturated heterocycles. The Morgan fingerprint density at radius 1 is 0.862 bits per heavy atom. The van der Waals surface area contributed by atoms with E-state index in [2.05, 4.69) is 27.7 Å². The topological polar surface area (TPSA) is 52.6 Å². The van der Waals surface area contributed by atoms with E-state index in [-0.39, 0.29) is 11.9 Å². The standard InChI is InChI=1S/C25H40O4/c1-5-7-14-21(6-2)19-29-25(27)23-16-12-15-22(18-23)24(26)28-17-11-9-8-10-13-20(3)4/h12,15-16,18,20-21H,5-11,13-14,17,19H2,1-4H3. The highest BCUT2D eigenvalue weighted by molar-refractivity contribution is 5.95. The maximum atomic E-state index is 12.3. The normalized spacial score (nSPS) is 12.0. The fraction of sp³-hybridized carbons (Fsp3) is 0.680. The molecule has 0 N–H and O–H groups in total. The van der Waals surface area contributed by atoms with Crippen molar-refractivity contribution in [3.05, 3.63) is 35.4 Å². The van der Waals surface area contributed by atoms with Gasteiger partial charge in [0.25, 0.3) is 0 Å². The zero-order valence-corrected chi connectivity index (χ0v) is 18.9. The van der Waals surface area contributed by atoms with Crippen LogP contribution in [0, 0.1) is 11.8 Å². The summed E-state index contributed by atoms with van der Waals surface area (Å²) in [6.07, 6.45) is 9.97. The van der Waals surface area contributed by atoms with Gasteiger partial charge in [-0.05, 0) is 42.9 Å². The zero-order chi connectivity index (χ0) is 21.5. The van der Waals surface area contributed by atoms with Crippen LogP contribution in [0.3, 0.4) is 0 Å². The monoisotopic (exact) mass is 404 g/mol. The highest BCUT2D eigenvalue weighted by Crippen LogP contribution is 2.15. The second-order valence-electron chi connectivity index (χ2n) is 8.33. The first-order chi connectivity index (χ1) is 14.0. The lowest BCUT2D eigenvalue weighted by atomic mass is 10.0. The Kier molecular flexibility index (Phi) is 13.1. The van der Waals surface area contributed by atoms with Crippen LogP contribution in [0.1, 0.15) is 106 Å². The van der Waals surface area contributed by atoms with Gasteiger partial charge >= 0.3 is 11.9 Å². The number of hydrogen-bond donors (Lipinski definition) is 0. The second kappa shape index (κ2) is 15.1. The molecule has 0 aliphatic rings. The van der Waals surface area contributed by atoms with E-state index in [9.17, 15) is 9.59 Å². The molecule has 29 heavy (non-hydrogen) atoms. The molecule has 164 valence electrons. The van der Waals surface area contributed by atoms with Crippen molar-refractivity contribution in [3.63, 3.8) is 0 Å². The lowest BCUT2D eigenvalue weighted by Gasteiger charge is -2.14. The Morgan fingerprint density at radius 3 is 2.14 bits per heavy atom. The third-order valence-electron chi connectivity index (χ3n) is 5.24. The molecule has 0 fully saturated rings. The fourth-order valence-corrected chi connectivity index (χ4v) is 3.20. The molecule has 0 amide bonds. The van der Waals surface area contributed by atoms with E-state index >= 15 is 0 Å². The van der Waals surface area contributed by atoms with Crippen LogP contribution < -0.4 is 0 Å². The van der Waals surface area contributed by atoms with Gasteiger partial charge in [-0.25, -0.2) is 9.59 Å². The molecule has 0 aliphatic heterocycles. The van der Waals surface area contributed by atoms with Gasteiger partial charge in [0.2, 0.25) is 0 Å². The summed E-state index contributed by atoms with van der Waals surface area (Å²) >= 11 is 0. The molecule has 0 spiro atoms. The molecule has 1 aromatic carbocycles. The molecule has 1 unspecified atom stereocenters. The fourth-order valence-electron chi connectivity index (χ4n) is 3.20. The Balaban J connectivity index is 2.40. The number of carbonyl (C=O) groups excluding carboxylic acids is 2. The van der Waals surface area contributed by atoms with E-state index in [1.807, 2.05) is 0 Å². The molecule has 1 rings (SSSR count). The van der Waals surface area contributed by atoms with Crippen molar-refractivity contribution in [1.29, 1.82) is 0 Å². The van der Waals surface area contributed by atoms with Gasteiger partial charge in [-0.2, -0.15) is 0 Å². The minimum atomic E-state index is -0.379. The average Bonchev–Trinajstić information content (AvgIpc) is 2.72. The predicted octanol–water partition coefficient (Wildman–Crippen LogP) is 6.82. The maximum Gasteiger partial charge on any atom is 0.338 e. The zero-order valence-electron chi connectivity index (χ0n) is 18.9. The largest absolute Gasteiger partial charge is 0.462 e. The Morgan fingerprint density at radius 2 is 1.52 bits per heavy atom. The van der Waals surface area contributed by atoms with Crippen LogP contribution in [0.5, 0.6) is 0 Å². The smallest absolute Gasteiger partial charge is 0.338 e. The number of ether oxygens (including phenoxy) is 2. The molecule has 0 heterocycles. The maximum absolute atomic E-state index is 12.3.